The maximum absolute atomic E-state index is 12.8. The number of benzene rings is 2. The Bertz CT molecular complexity index is 811. The summed E-state index contributed by atoms with van der Waals surface area (Å²) in [5.74, 6) is -0.731. The lowest BCUT2D eigenvalue weighted by Crippen LogP contribution is -3.14. The van der Waals surface area contributed by atoms with Crippen LogP contribution in [0.25, 0.3) is 0 Å². The third-order valence-electron chi connectivity index (χ3n) is 5.30. The summed E-state index contributed by atoms with van der Waals surface area (Å²) in [6, 6.07) is 14.6. The number of quaternary nitrogens is 1. The van der Waals surface area contributed by atoms with Crippen molar-refractivity contribution < 1.29 is 24.3 Å². The summed E-state index contributed by atoms with van der Waals surface area (Å²) in [4.78, 5) is 27.1. The van der Waals surface area contributed by atoms with E-state index in [1.165, 1.54) is 16.5 Å². The number of nitrogens with one attached hydrogen (secondary N) is 1. The second kappa shape index (κ2) is 8.22. The fourth-order valence-corrected chi connectivity index (χ4v) is 3.58. The van der Waals surface area contributed by atoms with Crippen LogP contribution in [-0.4, -0.2) is 50.1 Å². The molecule has 3 rings (SSSR count). The van der Waals surface area contributed by atoms with Crippen LogP contribution >= 0.6 is 0 Å². The first-order valence-electron chi connectivity index (χ1n) is 9.09. The molecule has 1 aliphatic rings. The number of piperazine rings is 1. The van der Waals surface area contributed by atoms with E-state index in [4.69, 9.17) is 4.74 Å². The number of hydrogen-bond donors (Lipinski definition) is 1. The third-order valence-corrected chi connectivity index (χ3v) is 5.30. The summed E-state index contributed by atoms with van der Waals surface area (Å²) in [6.07, 6.45) is 0. The highest BCUT2D eigenvalue weighted by atomic mass is 16.5. The molecule has 0 spiro atoms. The molecule has 2 aromatic rings. The van der Waals surface area contributed by atoms with E-state index >= 15 is 0 Å². The largest absolute Gasteiger partial charge is 0.545 e. The molecular formula is C21H24N2O4. The monoisotopic (exact) mass is 368 g/mol. The minimum Gasteiger partial charge on any atom is -0.545 e. The molecule has 0 radical (unpaired) electrons. The number of carboxylic acids is 1. The zero-order chi connectivity index (χ0) is 19.4. The standard InChI is InChI=1S/C21H24N2O4/c1-15(16-7-9-17(27-2)10-8-16)22-11-13-23(14-12-22)20(24)18-5-3-4-6-19(18)21(25)26/h3-10,15H,11-14H2,1-2H3,(H,25,26)/t15-/m1/s1. The van der Waals surface area contributed by atoms with Crippen LogP contribution in [0.5, 0.6) is 5.75 Å². The van der Waals surface area contributed by atoms with Crippen molar-refractivity contribution in [1.29, 1.82) is 0 Å². The molecule has 142 valence electrons. The average molecular weight is 368 g/mol. The number of aromatic carboxylic acids is 1. The Morgan fingerprint density at radius 3 is 2.19 bits per heavy atom. The number of rotatable bonds is 5. The van der Waals surface area contributed by atoms with E-state index in [1.807, 2.05) is 12.1 Å². The molecule has 2 aromatic carbocycles. The van der Waals surface area contributed by atoms with Gasteiger partial charge in [0.25, 0.3) is 5.91 Å². The van der Waals surface area contributed by atoms with Gasteiger partial charge in [-0.05, 0) is 37.3 Å². The molecule has 1 N–H and O–H groups in total. The summed E-state index contributed by atoms with van der Waals surface area (Å²) in [5.41, 5.74) is 1.38. The number of carbonyl (C=O) groups is 2. The molecule has 1 atom stereocenters. The Morgan fingerprint density at radius 2 is 1.63 bits per heavy atom. The van der Waals surface area contributed by atoms with Crippen molar-refractivity contribution in [2.75, 3.05) is 33.3 Å². The summed E-state index contributed by atoms with van der Waals surface area (Å²) in [5, 5.41) is 11.3. The fraction of sp³-hybridized carbons (Fsp3) is 0.333. The number of carbonyl (C=O) groups excluding carboxylic acids is 2. The lowest BCUT2D eigenvalue weighted by molar-refractivity contribution is -0.933. The predicted molar refractivity (Wildman–Crippen MR) is 98.8 cm³/mol. The normalized spacial score (nSPS) is 16.0. The van der Waals surface area contributed by atoms with Crippen molar-refractivity contribution in [1.82, 2.24) is 4.90 Å². The Hall–Kier alpha value is -2.86. The highest BCUT2D eigenvalue weighted by Gasteiger charge is 2.29. The van der Waals surface area contributed by atoms with E-state index in [1.54, 1.807) is 30.2 Å². The van der Waals surface area contributed by atoms with Crippen molar-refractivity contribution >= 4 is 11.9 Å². The van der Waals surface area contributed by atoms with Crippen LogP contribution in [0.3, 0.4) is 0 Å². The molecule has 1 amide bonds. The molecule has 0 unspecified atom stereocenters. The SMILES string of the molecule is COc1ccc([C@@H](C)[NH+]2CCN(C(=O)c3ccccc3C(=O)[O-])CC2)cc1. The van der Waals surface area contributed by atoms with Gasteiger partial charge in [-0.3, -0.25) is 4.79 Å². The predicted octanol–water partition coefficient (Wildman–Crippen LogP) is 0.161. The number of ether oxygens (including phenoxy) is 1. The summed E-state index contributed by atoms with van der Waals surface area (Å²) in [7, 11) is 1.65. The highest BCUT2D eigenvalue weighted by Crippen LogP contribution is 2.16. The van der Waals surface area contributed by atoms with E-state index in [9.17, 15) is 14.7 Å². The van der Waals surface area contributed by atoms with E-state index in [2.05, 4.69) is 19.1 Å². The Morgan fingerprint density at radius 1 is 1.04 bits per heavy atom. The number of carboxylic acid groups (broad SMARTS) is 1. The number of amides is 1. The van der Waals surface area contributed by atoms with Crippen LogP contribution in [0.1, 0.15) is 39.2 Å². The van der Waals surface area contributed by atoms with E-state index < -0.39 is 5.97 Å². The van der Waals surface area contributed by atoms with Crippen LogP contribution in [-0.2, 0) is 0 Å². The Kier molecular flexibility index (Phi) is 5.76. The lowest BCUT2D eigenvalue weighted by atomic mass is 10.0. The molecule has 1 saturated heterocycles. The van der Waals surface area contributed by atoms with Crippen LogP contribution in [0.4, 0.5) is 0 Å². The molecule has 1 fully saturated rings. The zero-order valence-corrected chi connectivity index (χ0v) is 15.6. The van der Waals surface area contributed by atoms with E-state index in [-0.39, 0.29) is 17.0 Å². The first kappa shape index (κ1) is 18.9. The molecule has 6 heteroatoms. The van der Waals surface area contributed by atoms with Gasteiger partial charge in [0.1, 0.15) is 11.8 Å². The third kappa shape index (κ3) is 4.11. The number of hydrogen-bond acceptors (Lipinski definition) is 4. The zero-order valence-electron chi connectivity index (χ0n) is 15.6. The first-order chi connectivity index (χ1) is 13.0. The maximum Gasteiger partial charge on any atom is 0.254 e. The van der Waals surface area contributed by atoms with Crippen LogP contribution in [0.2, 0.25) is 0 Å². The van der Waals surface area contributed by atoms with Crippen LogP contribution in [0.15, 0.2) is 48.5 Å². The minimum atomic E-state index is -1.32. The van der Waals surface area contributed by atoms with Crippen LogP contribution < -0.4 is 14.7 Å². The average Bonchev–Trinajstić information content (AvgIpc) is 2.73. The highest BCUT2D eigenvalue weighted by molar-refractivity contribution is 6.04. The van der Waals surface area contributed by atoms with Gasteiger partial charge in [0.05, 0.1) is 39.3 Å². The second-order valence-corrected chi connectivity index (χ2v) is 6.78. The van der Waals surface area contributed by atoms with Gasteiger partial charge in [-0.2, -0.15) is 0 Å². The molecule has 0 aromatic heterocycles. The van der Waals surface area contributed by atoms with Gasteiger partial charge in [-0.15, -0.1) is 0 Å². The molecule has 27 heavy (non-hydrogen) atoms. The molecular weight excluding hydrogens is 344 g/mol. The van der Waals surface area contributed by atoms with Crippen molar-refractivity contribution in [3.05, 3.63) is 65.2 Å². The fourth-order valence-electron chi connectivity index (χ4n) is 3.58. The van der Waals surface area contributed by atoms with Gasteiger partial charge in [0, 0.05) is 16.7 Å². The molecule has 0 bridgehead atoms. The van der Waals surface area contributed by atoms with Gasteiger partial charge in [0.2, 0.25) is 0 Å². The van der Waals surface area contributed by atoms with Crippen molar-refractivity contribution in [2.24, 2.45) is 0 Å². The smallest absolute Gasteiger partial charge is 0.254 e. The van der Waals surface area contributed by atoms with E-state index in [0.717, 1.165) is 18.8 Å². The molecule has 0 saturated carbocycles. The van der Waals surface area contributed by atoms with Gasteiger partial charge in [-0.25, -0.2) is 0 Å². The van der Waals surface area contributed by atoms with Gasteiger partial charge in [0.15, 0.2) is 0 Å². The Labute approximate surface area is 159 Å². The number of methoxy groups -OCH3 is 1. The molecule has 1 heterocycles. The lowest BCUT2D eigenvalue weighted by Gasteiger charge is -2.35. The maximum atomic E-state index is 12.8. The first-order valence-corrected chi connectivity index (χ1v) is 9.09. The van der Waals surface area contributed by atoms with Crippen molar-refractivity contribution in [3.63, 3.8) is 0 Å². The van der Waals surface area contributed by atoms with Gasteiger partial charge in [-0.1, -0.05) is 18.2 Å². The summed E-state index contributed by atoms with van der Waals surface area (Å²) in [6.45, 7) is 4.99. The molecule has 0 aliphatic carbocycles. The summed E-state index contributed by atoms with van der Waals surface area (Å²) >= 11 is 0. The second-order valence-electron chi connectivity index (χ2n) is 6.78. The Balaban J connectivity index is 1.64. The molecule has 6 nitrogen and oxygen atoms in total. The van der Waals surface area contributed by atoms with Crippen molar-refractivity contribution in [2.45, 2.75) is 13.0 Å². The quantitative estimate of drug-likeness (QED) is 0.816. The van der Waals surface area contributed by atoms with Crippen LogP contribution in [0, 0.1) is 0 Å². The summed E-state index contributed by atoms with van der Waals surface area (Å²) < 4.78 is 5.21. The topological polar surface area (TPSA) is 74.1 Å². The molecule has 1 aliphatic heterocycles. The van der Waals surface area contributed by atoms with Gasteiger partial charge < -0.3 is 24.4 Å². The minimum absolute atomic E-state index is 0.0520. The van der Waals surface area contributed by atoms with Gasteiger partial charge >= 0.3 is 0 Å². The van der Waals surface area contributed by atoms with Crippen molar-refractivity contribution in [3.8, 4) is 5.75 Å². The van der Waals surface area contributed by atoms with E-state index in [0.29, 0.717) is 19.1 Å². The number of nitrogens with zero attached hydrogens (tertiary/aromatic N) is 1.